The van der Waals surface area contributed by atoms with Crippen LogP contribution in [-0.4, -0.2) is 13.0 Å². The topological polar surface area (TPSA) is 38.3 Å². The second-order valence-corrected chi connectivity index (χ2v) is 4.07. The smallest absolute Gasteiger partial charge is 0.221 e. The van der Waals surface area contributed by atoms with E-state index in [1.165, 1.54) is 6.92 Å². The van der Waals surface area contributed by atoms with E-state index in [0.29, 0.717) is 10.8 Å². The van der Waals surface area contributed by atoms with Crippen LogP contribution >= 0.6 is 11.6 Å². The van der Waals surface area contributed by atoms with Gasteiger partial charge in [-0.1, -0.05) is 29.8 Å². The maximum absolute atomic E-state index is 11.1. The van der Waals surface area contributed by atoms with Crippen LogP contribution in [0.2, 0.25) is 5.02 Å². The SMILES string of the molecule is COc1c(Cl)ccc2c(NC(C)=O)cccc12. The Kier molecular flexibility index (Phi) is 3.20. The molecule has 2 aromatic carbocycles. The second kappa shape index (κ2) is 4.63. The van der Waals surface area contributed by atoms with E-state index < -0.39 is 0 Å². The van der Waals surface area contributed by atoms with E-state index in [9.17, 15) is 4.79 Å². The molecule has 0 unspecified atom stereocenters. The molecule has 17 heavy (non-hydrogen) atoms. The summed E-state index contributed by atoms with van der Waals surface area (Å²) in [6.07, 6.45) is 0. The van der Waals surface area contributed by atoms with E-state index >= 15 is 0 Å². The van der Waals surface area contributed by atoms with E-state index in [1.807, 2.05) is 24.3 Å². The number of fused-ring (bicyclic) bond motifs is 1. The van der Waals surface area contributed by atoms with Crippen LogP contribution in [0.1, 0.15) is 6.92 Å². The molecule has 2 rings (SSSR count). The zero-order valence-electron chi connectivity index (χ0n) is 9.58. The normalized spacial score (nSPS) is 10.3. The number of carbonyl (C=O) groups is 1. The van der Waals surface area contributed by atoms with Gasteiger partial charge in [-0.3, -0.25) is 4.79 Å². The van der Waals surface area contributed by atoms with Crippen molar-refractivity contribution in [2.24, 2.45) is 0 Å². The number of anilines is 1. The van der Waals surface area contributed by atoms with E-state index in [2.05, 4.69) is 5.32 Å². The van der Waals surface area contributed by atoms with Crippen LogP contribution in [0.15, 0.2) is 30.3 Å². The van der Waals surface area contributed by atoms with Gasteiger partial charge in [0.25, 0.3) is 0 Å². The van der Waals surface area contributed by atoms with Crippen LogP contribution in [0, 0.1) is 0 Å². The fourth-order valence-corrected chi connectivity index (χ4v) is 2.05. The van der Waals surface area contributed by atoms with Crippen molar-refractivity contribution >= 4 is 34.0 Å². The largest absolute Gasteiger partial charge is 0.495 e. The average Bonchev–Trinajstić information content (AvgIpc) is 2.28. The highest BCUT2D eigenvalue weighted by Gasteiger charge is 2.09. The number of methoxy groups -OCH3 is 1. The Balaban J connectivity index is 2.69. The summed E-state index contributed by atoms with van der Waals surface area (Å²) in [7, 11) is 1.58. The highest BCUT2D eigenvalue weighted by Crippen LogP contribution is 2.36. The van der Waals surface area contributed by atoms with Gasteiger partial charge in [0.15, 0.2) is 0 Å². The number of amides is 1. The maximum atomic E-state index is 11.1. The molecule has 0 aromatic heterocycles. The van der Waals surface area contributed by atoms with Crippen LogP contribution < -0.4 is 10.1 Å². The Morgan fingerprint density at radius 2 is 2.00 bits per heavy atom. The number of carbonyl (C=O) groups excluding carboxylic acids is 1. The molecule has 1 amide bonds. The van der Waals surface area contributed by atoms with Crippen molar-refractivity contribution in [3.63, 3.8) is 0 Å². The Hall–Kier alpha value is -1.74. The molecule has 0 saturated carbocycles. The summed E-state index contributed by atoms with van der Waals surface area (Å²) in [4.78, 5) is 11.1. The maximum Gasteiger partial charge on any atom is 0.221 e. The minimum Gasteiger partial charge on any atom is -0.495 e. The number of benzene rings is 2. The predicted octanol–water partition coefficient (Wildman–Crippen LogP) is 3.46. The van der Waals surface area contributed by atoms with Gasteiger partial charge < -0.3 is 10.1 Å². The summed E-state index contributed by atoms with van der Waals surface area (Å²) < 4.78 is 5.27. The van der Waals surface area contributed by atoms with Crippen LogP contribution in [0.3, 0.4) is 0 Å². The number of ether oxygens (including phenoxy) is 1. The van der Waals surface area contributed by atoms with Crippen molar-refractivity contribution in [3.8, 4) is 5.75 Å². The minimum absolute atomic E-state index is 0.105. The van der Waals surface area contributed by atoms with Crippen molar-refractivity contribution in [1.29, 1.82) is 0 Å². The molecule has 0 aliphatic rings. The number of rotatable bonds is 2. The summed E-state index contributed by atoms with van der Waals surface area (Å²) in [5.74, 6) is 0.516. The van der Waals surface area contributed by atoms with Gasteiger partial charge in [0, 0.05) is 23.4 Å². The highest BCUT2D eigenvalue weighted by molar-refractivity contribution is 6.33. The Morgan fingerprint density at radius 3 is 2.65 bits per heavy atom. The molecule has 0 spiro atoms. The Morgan fingerprint density at radius 1 is 1.24 bits per heavy atom. The van der Waals surface area contributed by atoms with Gasteiger partial charge in [0.05, 0.1) is 12.1 Å². The third-order valence-corrected chi connectivity index (χ3v) is 2.78. The molecule has 3 nitrogen and oxygen atoms in total. The molecule has 0 aliphatic heterocycles. The summed E-state index contributed by atoms with van der Waals surface area (Å²) in [6.45, 7) is 1.48. The fraction of sp³-hybridized carbons (Fsp3) is 0.154. The quantitative estimate of drug-likeness (QED) is 0.885. The van der Waals surface area contributed by atoms with Crippen LogP contribution in [-0.2, 0) is 4.79 Å². The van der Waals surface area contributed by atoms with Crippen molar-refractivity contribution < 1.29 is 9.53 Å². The first-order valence-electron chi connectivity index (χ1n) is 5.16. The highest BCUT2D eigenvalue weighted by atomic mass is 35.5. The molecule has 2 aromatic rings. The zero-order valence-corrected chi connectivity index (χ0v) is 10.3. The van der Waals surface area contributed by atoms with Gasteiger partial charge in [0.2, 0.25) is 5.91 Å². The summed E-state index contributed by atoms with van der Waals surface area (Å²) >= 11 is 6.05. The molecule has 0 saturated heterocycles. The van der Waals surface area contributed by atoms with Crippen LogP contribution in [0.4, 0.5) is 5.69 Å². The molecule has 0 aliphatic carbocycles. The minimum atomic E-state index is -0.105. The third-order valence-electron chi connectivity index (χ3n) is 2.48. The van der Waals surface area contributed by atoms with Gasteiger partial charge in [-0.25, -0.2) is 0 Å². The van der Waals surface area contributed by atoms with E-state index in [1.54, 1.807) is 13.2 Å². The number of hydrogen-bond donors (Lipinski definition) is 1. The lowest BCUT2D eigenvalue weighted by Crippen LogP contribution is -2.06. The van der Waals surface area contributed by atoms with Crippen molar-refractivity contribution in [2.75, 3.05) is 12.4 Å². The Labute approximate surface area is 104 Å². The van der Waals surface area contributed by atoms with Crippen LogP contribution in [0.25, 0.3) is 10.8 Å². The van der Waals surface area contributed by atoms with Crippen LogP contribution in [0.5, 0.6) is 5.75 Å². The number of nitrogens with one attached hydrogen (secondary N) is 1. The van der Waals surface area contributed by atoms with Gasteiger partial charge in [0.1, 0.15) is 5.75 Å². The summed E-state index contributed by atoms with van der Waals surface area (Å²) in [6, 6.07) is 9.23. The second-order valence-electron chi connectivity index (χ2n) is 3.66. The first kappa shape index (κ1) is 11.7. The van der Waals surface area contributed by atoms with Gasteiger partial charge >= 0.3 is 0 Å². The first-order chi connectivity index (χ1) is 8.13. The Bertz CT molecular complexity index is 581. The molecule has 88 valence electrons. The number of hydrogen-bond acceptors (Lipinski definition) is 2. The predicted molar refractivity (Wildman–Crippen MR) is 69.8 cm³/mol. The van der Waals surface area contributed by atoms with Crippen molar-refractivity contribution in [3.05, 3.63) is 35.4 Å². The lowest BCUT2D eigenvalue weighted by atomic mass is 10.1. The molecular weight excluding hydrogens is 238 g/mol. The van der Waals surface area contributed by atoms with Gasteiger partial charge in [-0.2, -0.15) is 0 Å². The van der Waals surface area contributed by atoms with E-state index in [-0.39, 0.29) is 5.91 Å². The summed E-state index contributed by atoms with van der Waals surface area (Å²) in [5, 5.41) is 5.12. The van der Waals surface area contributed by atoms with E-state index in [0.717, 1.165) is 16.5 Å². The standard InChI is InChI=1S/C13H12ClNO2/c1-8(16)15-12-5-3-4-10-9(12)6-7-11(14)13(10)17-2/h3-7H,1-2H3,(H,15,16). The molecule has 0 bridgehead atoms. The van der Waals surface area contributed by atoms with Gasteiger partial charge in [-0.15, -0.1) is 0 Å². The molecule has 4 heteroatoms. The molecule has 0 fully saturated rings. The lowest BCUT2D eigenvalue weighted by Gasteiger charge is -2.11. The summed E-state index contributed by atoms with van der Waals surface area (Å²) in [5.41, 5.74) is 0.755. The first-order valence-corrected chi connectivity index (χ1v) is 5.54. The van der Waals surface area contributed by atoms with Crippen molar-refractivity contribution in [2.45, 2.75) is 6.92 Å². The number of halogens is 1. The molecule has 1 N–H and O–H groups in total. The third kappa shape index (κ3) is 2.19. The fourth-order valence-electron chi connectivity index (χ4n) is 1.81. The lowest BCUT2D eigenvalue weighted by molar-refractivity contribution is -0.114. The van der Waals surface area contributed by atoms with Gasteiger partial charge in [-0.05, 0) is 12.1 Å². The zero-order chi connectivity index (χ0) is 12.4. The molecule has 0 atom stereocenters. The molecule has 0 heterocycles. The van der Waals surface area contributed by atoms with Crippen molar-refractivity contribution in [1.82, 2.24) is 0 Å². The van der Waals surface area contributed by atoms with E-state index in [4.69, 9.17) is 16.3 Å². The monoisotopic (exact) mass is 249 g/mol. The average molecular weight is 250 g/mol. The molecule has 0 radical (unpaired) electrons. The molecular formula is C13H12ClNO2.